The third-order valence-electron chi connectivity index (χ3n) is 4.85. The molecular weight excluding hydrogens is 533 g/mol. The van der Waals surface area contributed by atoms with E-state index >= 15 is 0 Å². The van der Waals surface area contributed by atoms with Crippen molar-refractivity contribution in [3.05, 3.63) is 35.4 Å². The maximum atomic E-state index is 14.2. The number of carbonyl (C=O) groups is 1. The number of carbonyl (C=O) groups excluding carboxylic acids is 1. The molecule has 2 nitrogen and oxygen atoms in total. The molecule has 0 aliphatic carbocycles. The molecule has 0 aromatic heterocycles. The highest BCUT2D eigenvalue weighted by Crippen LogP contribution is 2.63. The molecule has 1 aromatic carbocycles. The van der Waals surface area contributed by atoms with Crippen molar-refractivity contribution in [3.8, 4) is 0 Å². The topological polar surface area (TPSA) is 37.3 Å². The zero-order valence-corrected chi connectivity index (χ0v) is 17.0. The van der Waals surface area contributed by atoms with E-state index in [4.69, 9.17) is 0 Å². The lowest BCUT2D eigenvalue weighted by Crippen LogP contribution is -2.72. The normalized spacial score (nSPS) is 16.7. The molecule has 1 aromatic rings. The first-order valence-corrected chi connectivity index (χ1v) is 8.80. The Hall–Kier alpha value is -2.20. The van der Waals surface area contributed by atoms with Crippen LogP contribution < -0.4 is 0 Å². The van der Waals surface area contributed by atoms with E-state index in [1.54, 1.807) is 0 Å². The predicted octanol–water partition coefficient (Wildman–Crippen LogP) is 6.86. The molecule has 0 saturated heterocycles. The summed E-state index contributed by atoms with van der Waals surface area (Å²) in [6.45, 7) is 0.987. The number of alkyl halides is 15. The number of hydrogen-bond donors (Lipinski definition) is 1. The van der Waals surface area contributed by atoms with Gasteiger partial charge in [-0.2, -0.15) is 65.9 Å². The summed E-state index contributed by atoms with van der Waals surface area (Å²) in [5.41, 5.74) is -5.03. The van der Waals surface area contributed by atoms with Gasteiger partial charge in [0.05, 0.1) is 12.0 Å². The van der Waals surface area contributed by atoms with Crippen molar-refractivity contribution in [1.82, 2.24) is 0 Å². The van der Waals surface area contributed by atoms with Crippen LogP contribution in [-0.4, -0.2) is 52.6 Å². The lowest BCUT2D eigenvalue weighted by Gasteiger charge is -2.42. The van der Waals surface area contributed by atoms with E-state index < -0.39 is 70.6 Å². The summed E-state index contributed by atoms with van der Waals surface area (Å²) in [4.78, 5) is 11.5. The largest absolute Gasteiger partial charge is 0.460 e. The predicted molar refractivity (Wildman–Crippen MR) is 86.4 cm³/mol. The van der Waals surface area contributed by atoms with Crippen molar-refractivity contribution in [2.24, 2.45) is 0 Å². The minimum Gasteiger partial charge on any atom is -0.385 e. The Kier molecular flexibility index (Phi) is 7.43. The molecule has 0 saturated carbocycles. The Balaban J connectivity index is 3.61. The molecule has 17 heteroatoms. The number of Topliss-reactive ketones (excluding diaryl/α,β-unsaturated/α-hetero) is 1. The van der Waals surface area contributed by atoms with Crippen LogP contribution >= 0.6 is 0 Å². The second-order valence-corrected chi connectivity index (χ2v) is 7.63. The third-order valence-corrected chi connectivity index (χ3v) is 4.85. The Morgan fingerprint density at radius 3 is 1.46 bits per heavy atom. The van der Waals surface area contributed by atoms with Gasteiger partial charge >= 0.3 is 41.7 Å². The van der Waals surface area contributed by atoms with Gasteiger partial charge in [0.25, 0.3) is 0 Å². The SMILES string of the molecule is CC(=O)c1ccccc1C(C)(O)CC(F)(F)C(F)(F)C(F)(F)C(F)(F)C(F)(F)C(F)(F)C(F)(F)F. The summed E-state index contributed by atoms with van der Waals surface area (Å²) in [5.74, 6) is -48.5. The number of halogens is 15. The Bertz CT molecular complexity index is 947. The first-order valence-electron chi connectivity index (χ1n) is 8.80. The zero-order chi connectivity index (χ0) is 28.3. The van der Waals surface area contributed by atoms with Crippen LogP contribution in [0.25, 0.3) is 0 Å². The molecule has 1 rings (SSSR count). The first kappa shape index (κ1) is 30.8. The van der Waals surface area contributed by atoms with E-state index in [0.29, 0.717) is 6.07 Å². The smallest absolute Gasteiger partial charge is 0.385 e. The average molecular weight is 546 g/mol. The van der Waals surface area contributed by atoms with Gasteiger partial charge in [0, 0.05) is 5.56 Å². The van der Waals surface area contributed by atoms with Gasteiger partial charge in [0.2, 0.25) is 0 Å². The van der Waals surface area contributed by atoms with Gasteiger partial charge in [-0.05, 0) is 19.4 Å². The molecule has 0 heterocycles. The summed E-state index contributed by atoms with van der Waals surface area (Å²) in [6, 6.07) is 3.48. The van der Waals surface area contributed by atoms with Gasteiger partial charge in [0.1, 0.15) is 0 Å². The fourth-order valence-corrected chi connectivity index (χ4v) is 2.90. The van der Waals surface area contributed by atoms with Crippen molar-refractivity contribution in [3.63, 3.8) is 0 Å². The van der Waals surface area contributed by atoms with E-state index in [1.165, 1.54) is 0 Å². The van der Waals surface area contributed by atoms with Crippen molar-refractivity contribution >= 4 is 5.78 Å². The highest BCUT2D eigenvalue weighted by Gasteiger charge is 2.93. The second kappa shape index (κ2) is 8.44. The van der Waals surface area contributed by atoms with Crippen molar-refractivity contribution in [2.45, 2.75) is 67.6 Å². The second-order valence-electron chi connectivity index (χ2n) is 7.63. The van der Waals surface area contributed by atoms with E-state index in [2.05, 4.69) is 0 Å². The minimum atomic E-state index is -8.41. The fourth-order valence-electron chi connectivity index (χ4n) is 2.90. The Labute approximate surface area is 185 Å². The van der Waals surface area contributed by atoms with Crippen LogP contribution in [-0.2, 0) is 5.60 Å². The van der Waals surface area contributed by atoms with Crippen LogP contribution in [0, 0.1) is 0 Å². The molecule has 0 amide bonds. The lowest BCUT2D eigenvalue weighted by atomic mass is 9.81. The zero-order valence-electron chi connectivity index (χ0n) is 17.0. The van der Waals surface area contributed by atoms with E-state index in [0.717, 1.165) is 25.1 Å². The summed E-state index contributed by atoms with van der Waals surface area (Å²) in [7, 11) is 0. The van der Waals surface area contributed by atoms with Gasteiger partial charge in [-0.25, -0.2) is 0 Å². The molecule has 35 heavy (non-hydrogen) atoms. The maximum Gasteiger partial charge on any atom is 0.460 e. The molecule has 0 aliphatic rings. The molecule has 1 N–H and O–H groups in total. The van der Waals surface area contributed by atoms with Crippen LogP contribution in [0.5, 0.6) is 0 Å². The molecule has 1 unspecified atom stereocenters. The number of rotatable bonds is 9. The molecule has 0 aliphatic heterocycles. The molecule has 0 spiro atoms. The van der Waals surface area contributed by atoms with Gasteiger partial charge < -0.3 is 5.11 Å². The van der Waals surface area contributed by atoms with Gasteiger partial charge in [0.15, 0.2) is 5.78 Å². The van der Waals surface area contributed by atoms with Crippen molar-refractivity contribution < 1.29 is 75.8 Å². The molecule has 0 bridgehead atoms. The highest BCUT2D eigenvalue weighted by molar-refractivity contribution is 5.95. The summed E-state index contributed by atoms with van der Waals surface area (Å²) < 4.78 is 199. The molecule has 0 radical (unpaired) electrons. The maximum absolute atomic E-state index is 14.2. The van der Waals surface area contributed by atoms with Crippen LogP contribution in [0.2, 0.25) is 0 Å². The van der Waals surface area contributed by atoms with Crippen molar-refractivity contribution in [1.29, 1.82) is 0 Å². The summed E-state index contributed by atoms with van der Waals surface area (Å²) in [6.07, 6.45) is -10.7. The summed E-state index contributed by atoms with van der Waals surface area (Å²) in [5, 5.41) is 10.2. The average Bonchev–Trinajstić information content (AvgIpc) is 2.65. The number of ketones is 1. The van der Waals surface area contributed by atoms with Crippen molar-refractivity contribution in [2.75, 3.05) is 0 Å². The van der Waals surface area contributed by atoms with E-state index in [1.807, 2.05) is 0 Å². The van der Waals surface area contributed by atoms with Gasteiger partial charge in [-0.3, -0.25) is 4.79 Å². The van der Waals surface area contributed by atoms with Gasteiger partial charge in [-0.15, -0.1) is 0 Å². The molecule has 1 atom stereocenters. The van der Waals surface area contributed by atoms with E-state index in [9.17, 15) is 75.8 Å². The number of benzene rings is 1. The monoisotopic (exact) mass is 546 g/mol. The van der Waals surface area contributed by atoms with Crippen LogP contribution in [0.3, 0.4) is 0 Å². The first-order chi connectivity index (χ1) is 15.1. The van der Waals surface area contributed by atoms with Crippen LogP contribution in [0.1, 0.15) is 36.2 Å². The van der Waals surface area contributed by atoms with E-state index in [-0.39, 0.29) is 6.92 Å². The molecule has 0 fully saturated rings. The number of hydrogen-bond acceptors (Lipinski definition) is 2. The standard InChI is InChI=1S/C18H13F15O2/c1-8(34)9-5-3-4-6-10(9)11(2,35)7-12(19,20)13(21,22)14(23,24)15(25,26)16(27,28)17(29,30)18(31,32)33/h3-6,35H,7H2,1-2H3. The molecule has 202 valence electrons. The fraction of sp³-hybridized carbons (Fsp3) is 0.611. The quantitative estimate of drug-likeness (QED) is 0.272. The number of aliphatic hydroxyl groups is 1. The Morgan fingerprint density at radius 1 is 0.686 bits per heavy atom. The minimum absolute atomic E-state index is 0.210. The molecular formula is C18H13F15O2. The Morgan fingerprint density at radius 2 is 1.06 bits per heavy atom. The highest BCUT2D eigenvalue weighted by atomic mass is 19.4. The van der Waals surface area contributed by atoms with Crippen LogP contribution in [0.15, 0.2) is 24.3 Å². The summed E-state index contributed by atoms with van der Waals surface area (Å²) >= 11 is 0. The third kappa shape index (κ3) is 4.55. The van der Waals surface area contributed by atoms with Crippen LogP contribution in [0.4, 0.5) is 65.9 Å². The van der Waals surface area contributed by atoms with Gasteiger partial charge in [-0.1, -0.05) is 24.3 Å². The lowest BCUT2D eigenvalue weighted by molar-refractivity contribution is -0.453.